The topological polar surface area (TPSA) is 23.1 Å². The van der Waals surface area contributed by atoms with Gasteiger partial charge in [0.15, 0.2) is 0 Å². The van der Waals surface area contributed by atoms with Gasteiger partial charge in [0.05, 0.1) is 8.39 Å². The molecule has 0 spiro atoms. The normalized spacial score (nSPS) is 26.2. The molecule has 0 N–H and O–H groups in total. The van der Waals surface area contributed by atoms with E-state index in [1.807, 2.05) is 6.92 Å². The lowest BCUT2D eigenvalue weighted by Crippen LogP contribution is -2.26. The Kier molecular flexibility index (Phi) is 2.67. The molecule has 0 fully saturated rings. The molecule has 0 aliphatic carbocycles. The fourth-order valence-corrected chi connectivity index (χ4v) is 2.39. The second-order valence-corrected chi connectivity index (χ2v) is 4.84. The van der Waals surface area contributed by atoms with Gasteiger partial charge < -0.3 is 5.11 Å². The quantitative estimate of drug-likeness (QED) is 0.559. The highest BCUT2D eigenvalue weighted by atomic mass is 32.2. The minimum absolute atomic E-state index is 0.0822. The van der Waals surface area contributed by atoms with Crippen LogP contribution in [0.4, 0.5) is 0 Å². The van der Waals surface area contributed by atoms with E-state index < -0.39 is 0 Å². The zero-order chi connectivity index (χ0) is 8.59. The predicted octanol–water partition coefficient (Wildman–Crippen LogP) is 1.66. The molecule has 11 heavy (non-hydrogen) atoms. The van der Waals surface area contributed by atoms with E-state index in [2.05, 4.69) is 0 Å². The second kappa shape index (κ2) is 3.21. The molecule has 0 bridgehead atoms. The van der Waals surface area contributed by atoms with Crippen molar-refractivity contribution in [2.75, 3.05) is 0 Å². The smallest absolute Gasteiger partial charge is 0.0778 e. The molecule has 1 aliphatic heterocycles. The Morgan fingerprint density at radius 2 is 2.00 bits per heavy atom. The van der Waals surface area contributed by atoms with Gasteiger partial charge in [-0.15, -0.1) is 5.76 Å². The second-order valence-electron chi connectivity index (χ2n) is 2.42. The van der Waals surface area contributed by atoms with Crippen molar-refractivity contribution in [2.24, 2.45) is 5.92 Å². The summed E-state index contributed by atoms with van der Waals surface area (Å²) >= 11 is 11.3. The fraction of sp³-hybridized carbons (Fsp3) is 0.429. The summed E-state index contributed by atoms with van der Waals surface area (Å²) in [6, 6.07) is 0. The Morgan fingerprint density at radius 3 is 2.55 bits per heavy atom. The van der Waals surface area contributed by atoms with Crippen LogP contribution in [0.5, 0.6) is 0 Å². The first-order valence-corrected chi connectivity index (χ1v) is 4.81. The molecule has 1 nitrogen and oxygen atoms in total. The van der Waals surface area contributed by atoms with Crippen molar-refractivity contribution in [1.82, 2.24) is 0 Å². The van der Waals surface area contributed by atoms with E-state index in [0.717, 1.165) is 0 Å². The van der Waals surface area contributed by atoms with E-state index in [0.29, 0.717) is 14.0 Å². The lowest BCUT2D eigenvalue weighted by molar-refractivity contribution is -0.311. The SMILES string of the molecule is CC1=C([O-])C(C)C(=S)SC1=S. The molecule has 1 unspecified atom stereocenters. The maximum atomic E-state index is 11.3. The van der Waals surface area contributed by atoms with Crippen LogP contribution < -0.4 is 5.11 Å². The molecule has 60 valence electrons. The Morgan fingerprint density at radius 1 is 1.45 bits per heavy atom. The molecule has 0 amide bonds. The van der Waals surface area contributed by atoms with Crippen molar-refractivity contribution in [3.63, 3.8) is 0 Å². The maximum Gasteiger partial charge on any atom is 0.0778 e. The monoisotopic (exact) mass is 203 g/mol. The van der Waals surface area contributed by atoms with Gasteiger partial charge >= 0.3 is 0 Å². The summed E-state index contributed by atoms with van der Waals surface area (Å²) < 4.78 is 1.34. The highest BCUT2D eigenvalue weighted by Crippen LogP contribution is 2.30. The number of hydrogen-bond acceptors (Lipinski definition) is 4. The van der Waals surface area contributed by atoms with E-state index in [9.17, 15) is 5.11 Å². The molecule has 1 heterocycles. The van der Waals surface area contributed by atoms with Crippen LogP contribution in [-0.4, -0.2) is 8.39 Å². The highest BCUT2D eigenvalue weighted by molar-refractivity contribution is 8.38. The van der Waals surface area contributed by atoms with Gasteiger partial charge in [-0.1, -0.05) is 43.1 Å². The molecular formula is C7H7OS3-. The van der Waals surface area contributed by atoms with Crippen LogP contribution in [0.15, 0.2) is 11.3 Å². The summed E-state index contributed by atoms with van der Waals surface area (Å²) in [5, 5.41) is 11.3. The third-order valence-electron chi connectivity index (χ3n) is 1.62. The average molecular weight is 203 g/mol. The van der Waals surface area contributed by atoms with Crippen molar-refractivity contribution in [3.05, 3.63) is 11.3 Å². The van der Waals surface area contributed by atoms with Gasteiger partial charge in [-0.3, -0.25) is 0 Å². The zero-order valence-corrected chi connectivity index (χ0v) is 8.66. The van der Waals surface area contributed by atoms with Gasteiger partial charge in [0.25, 0.3) is 0 Å². The van der Waals surface area contributed by atoms with Gasteiger partial charge in [-0.25, -0.2) is 0 Å². The molecular weight excluding hydrogens is 196 g/mol. The molecule has 1 atom stereocenters. The van der Waals surface area contributed by atoms with E-state index in [1.54, 1.807) is 6.92 Å². The summed E-state index contributed by atoms with van der Waals surface area (Å²) in [6.07, 6.45) is 0. The van der Waals surface area contributed by atoms with E-state index >= 15 is 0 Å². The largest absolute Gasteiger partial charge is 0.875 e. The summed E-state index contributed by atoms with van der Waals surface area (Å²) in [4.78, 5) is 0. The summed E-state index contributed by atoms with van der Waals surface area (Å²) in [5.41, 5.74) is 0.686. The van der Waals surface area contributed by atoms with E-state index in [1.165, 1.54) is 11.8 Å². The van der Waals surface area contributed by atoms with Crippen molar-refractivity contribution in [3.8, 4) is 0 Å². The Hall–Kier alpha value is 0.0700. The fourth-order valence-electron chi connectivity index (χ4n) is 0.789. The minimum Gasteiger partial charge on any atom is -0.875 e. The van der Waals surface area contributed by atoms with Crippen LogP contribution in [0.3, 0.4) is 0 Å². The molecule has 0 saturated heterocycles. The van der Waals surface area contributed by atoms with Crippen LogP contribution >= 0.6 is 36.2 Å². The Bertz CT molecular complexity index is 254. The van der Waals surface area contributed by atoms with E-state index in [4.69, 9.17) is 24.4 Å². The number of thioether (sulfide) groups is 1. The van der Waals surface area contributed by atoms with Crippen LogP contribution in [0.1, 0.15) is 13.8 Å². The van der Waals surface area contributed by atoms with Gasteiger partial charge in [-0.05, 0) is 12.5 Å². The number of allylic oxidation sites excluding steroid dienone is 1. The standard InChI is InChI=1S/C7H8OS3/c1-3-5(8)4(2)7(10)11-6(3)9/h3,8H,1-2H3/p-1. The van der Waals surface area contributed by atoms with E-state index in [-0.39, 0.29) is 11.7 Å². The highest BCUT2D eigenvalue weighted by Gasteiger charge is 2.19. The Labute approximate surface area is 80.9 Å². The van der Waals surface area contributed by atoms with Gasteiger partial charge in [0.2, 0.25) is 0 Å². The lowest BCUT2D eigenvalue weighted by atomic mass is 10.1. The molecule has 0 aromatic carbocycles. The van der Waals surface area contributed by atoms with Crippen molar-refractivity contribution in [2.45, 2.75) is 13.8 Å². The molecule has 0 radical (unpaired) electrons. The first-order chi connectivity index (χ1) is 5.04. The molecule has 0 aromatic heterocycles. The third-order valence-corrected chi connectivity index (χ3v) is 3.82. The van der Waals surface area contributed by atoms with Crippen LogP contribution in [0.2, 0.25) is 0 Å². The summed E-state index contributed by atoms with van der Waals surface area (Å²) in [5.74, 6) is -0.0551. The summed E-state index contributed by atoms with van der Waals surface area (Å²) in [6.45, 7) is 3.58. The van der Waals surface area contributed by atoms with Crippen LogP contribution in [0, 0.1) is 5.92 Å². The van der Waals surface area contributed by atoms with Crippen molar-refractivity contribution >= 4 is 44.6 Å². The number of thiocarbonyl (C=S) groups is 2. The predicted molar refractivity (Wildman–Crippen MR) is 54.7 cm³/mol. The average Bonchev–Trinajstić information content (AvgIpc) is 1.97. The lowest BCUT2D eigenvalue weighted by Gasteiger charge is -2.29. The molecule has 1 rings (SSSR count). The first-order valence-electron chi connectivity index (χ1n) is 3.18. The van der Waals surface area contributed by atoms with Gasteiger partial charge in [0, 0.05) is 5.92 Å². The Balaban J connectivity index is 3.08. The molecule has 1 aliphatic rings. The molecule has 4 heteroatoms. The van der Waals surface area contributed by atoms with Gasteiger partial charge in [0.1, 0.15) is 0 Å². The van der Waals surface area contributed by atoms with Crippen LogP contribution in [0.25, 0.3) is 0 Å². The molecule has 0 saturated carbocycles. The van der Waals surface area contributed by atoms with Crippen LogP contribution in [-0.2, 0) is 0 Å². The number of hydrogen-bond donors (Lipinski definition) is 0. The third kappa shape index (κ3) is 1.63. The molecule has 0 aromatic rings. The van der Waals surface area contributed by atoms with Crippen molar-refractivity contribution in [1.29, 1.82) is 0 Å². The minimum atomic E-state index is -0.137. The first kappa shape index (κ1) is 9.16. The maximum absolute atomic E-state index is 11.3. The summed E-state index contributed by atoms with van der Waals surface area (Å²) in [7, 11) is 0. The zero-order valence-electron chi connectivity index (χ0n) is 6.21. The van der Waals surface area contributed by atoms with Gasteiger partial charge in [-0.2, -0.15) is 0 Å². The number of rotatable bonds is 0. The van der Waals surface area contributed by atoms with Crippen molar-refractivity contribution < 1.29 is 5.11 Å².